The van der Waals surface area contributed by atoms with Gasteiger partial charge >= 0.3 is 16.3 Å². The molecule has 1 saturated heterocycles. The van der Waals surface area contributed by atoms with Crippen molar-refractivity contribution in [3.63, 3.8) is 0 Å². The van der Waals surface area contributed by atoms with Crippen molar-refractivity contribution in [2.75, 3.05) is 20.6 Å². The Morgan fingerprint density at radius 3 is 2.49 bits per heavy atom. The highest BCUT2D eigenvalue weighted by atomic mass is 32.2. The first kappa shape index (κ1) is 46.4. The van der Waals surface area contributed by atoms with Gasteiger partial charge in [-0.15, -0.1) is 11.3 Å². The third-order valence-corrected chi connectivity index (χ3v) is 14.8. The Bertz CT molecular complexity index is 2310. The maximum absolute atomic E-state index is 14.7. The van der Waals surface area contributed by atoms with Crippen LogP contribution in [0.5, 0.6) is 6.01 Å². The molecule has 16 nitrogen and oxygen atoms in total. The largest absolute Gasteiger partial charge is 0.459 e. The number of imidazole rings is 1. The van der Waals surface area contributed by atoms with E-state index in [4.69, 9.17) is 19.4 Å². The predicted molar refractivity (Wildman–Crippen MR) is 241 cm³/mol. The summed E-state index contributed by atoms with van der Waals surface area (Å²) < 4.78 is 43.0. The SMILES string of the molecule is CC(C)n1c(O[C@@H]2C[C@H]3C(=O)N[C@]4(C(=O)NS(=O)(=O)N(C)C)C[C@H]4/C=C\CCCCC[C@H](NC(=O)OC(C)(C)C)C(=O)N3C2)nc2c(-c3nc(CC4CCCCC4)cs3)cccc21. The van der Waals surface area contributed by atoms with Gasteiger partial charge in [0.2, 0.25) is 11.8 Å². The van der Waals surface area contributed by atoms with Crippen LogP contribution in [0.3, 0.4) is 0 Å². The zero-order valence-electron chi connectivity index (χ0n) is 37.6. The number of rotatable bonds is 10. The topological polar surface area (TPSA) is 194 Å². The van der Waals surface area contributed by atoms with Gasteiger partial charge in [0.1, 0.15) is 39.9 Å². The van der Waals surface area contributed by atoms with E-state index in [2.05, 4.69) is 20.7 Å². The minimum atomic E-state index is -4.18. The van der Waals surface area contributed by atoms with Gasteiger partial charge in [0.25, 0.3) is 11.9 Å². The Balaban J connectivity index is 1.20. The summed E-state index contributed by atoms with van der Waals surface area (Å²) >= 11 is 1.61. The summed E-state index contributed by atoms with van der Waals surface area (Å²) in [6.45, 7) is 9.27. The third-order valence-electron chi connectivity index (χ3n) is 12.5. The number of carbonyl (C=O) groups excluding carboxylic acids is 4. The van der Waals surface area contributed by atoms with E-state index in [0.717, 1.165) is 50.9 Å². The third kappa shape index (κ3) is 10.7. The van der Waals surface area contributed by atoms with Crippen LogP contribution in [-0.2, 0) is 35.8 Å². The van der Waals surface area contributed by atoms with E-state index in [1.807, 2.05) is 48.8 Å². The normalized spacial score (nSPS) is 25.8. The number of ether oxygens (including phenoxy) is 2. The molecule has 4 heterocycles. The van der Waals surface area contributed by atoms with Crippen LogP contribution in [0.1, 0.15) is 123 Å². The monoisotopic (exact) mass is 908 g/mol. The smallest absolute Gasteiger partial charge is 0.408 e. The molecule has 0 bridgehead atoms. The number of aromatic nitrogens is 3. The van der Waals surface area contributed by atoms with Gasteiger partial charge in [0, 0.05) is 43.4 Å². The van der Waals surface area contributed by atoms with Crippen molar-refractivity contribution in [3.05, 3.63) is 41.4 Å². The molecule has 344 valence electrons. The molecule has 3 fully saturated rings. The predicted octanol–water partition coefficient (Wildman–Crippen LogP) is 6.42. The number of carbonyl (C=O) groups is 4. The van der Waals surface area contributed by atoms with Gasteiger partial charge < -0.3 is 25.0 Å². The average molecular weight is 909 g/mol. The van der Waals surface area contributed by atoms with Crippen LogP contribution in [0.25, 0.3) is 21.6 Å². The highest BCUT2D eigenvalue weighted by Gasteiger charge is 2.62. The van der Waals surface area contributed by atoms with Gasteiger partial charge in [0.15, 0.2) is 0 Å². The minimum absolute atomic E-state index is 0.0217. The van der Waals surface area contributed by atoms with Crippen molar-refractivity contribution in [1.82, 2.24) is 39.1 Å². The molecule has 7 rings (SSSR count). The molecule has 63 heavy (non-hydrogen) atoms. The number of amides is 4. The van der Waals surface area contributed by atoms with Crippen LogP contribution in [0.4, 0.5) is 4.79 Å². The molecular weight excluding hydrogens is 845 g/mol. The summed E-state index contributed by atoms with van der Waals surface area (Å²) in [6.07, 6.45) is 13.0. The molecule has 0 spiro atoms. The van der Waals surface area contributed by atoms with E-state index < -0.39 is 69.3 Å². The maximum Gasteiger partial charge on any atom is 0.408 e. The first-order chi connectivity index (χ1) is 29.8. The van der Waals surface area contributed by atoms with Gasteiger partial charge in [-0.2, -0.15) is 17.7 Å². The summed E-state index contributed by atoms with van der Waals surface area (Å²) in [5, 5.41) is 8.71. The van der Waals surface area contributed by atoms with E-state index >= 15 is 0 Å². The van der Waals surface area contributed by atoms with Gasteiger partial charge in [-0.1, -0.05) is 63.2 Å². The molecule has 0 radical (unpaired) electrons. The molecule has 2 aromatic heterocycles. The molecule has 1 aromatic carbocycles. The lowest BCUT2D eigenvalue weighted by Crippen LogP contribution is -2.58. The molecule has 5 atom stereocenters. The minimum Gasteiger partial charge on any atom is -0.459 e. The lowest BCUT2D eigenvalue weighted by atomic mass is 9.86. The van der Waals surface area contributed by atoms with Crippen LogP contribution in [0.15, 0.2) is 35.7 Å². The molecule has 4 amide bonds. The van der Waals surface area contributed by atoms with Gasteiger partial charge in [-0.3, -0.25) is 19.0 Å². The van der Waals surface area contributed by atoms with E-state index in [1.165, 1.54) is 51.1 Å². The van der Waals surface area contributed by atoms with Crippen molar-refractivity contribution in [3.8, 4) is 16.6 Å². The maximum atomic E-state index is 14.7. The van der Waals surface area contributed by atoms with Gasteiger partial charge in [-0.05, 0) is 84.8 Å². The van der Waals surface area contributed by atoms with Crippen molar-refractivity contribution < 1.29 is 37.1 Å². The molecule has 2 aliphatic heterocycles. The standard InChI is InChI=1S/C45H64N8O8S2/c1-28(2)53-35-22-16-20-33(39-46-31(27-62-39)23-29-17-12-11-13-18-29)37(35)48-42(53)60-32-24-36-38(54)49-45(41(56)50-63(58,59)51(6)7)25-30(45)19-14-9-8-10-15-21-34(40(55)52(36)26-32)47-43(57)61-44(3,4)5/h14,16,19-20,22,27-30,32,34,36H,8-13,15,17-18,21,23-26H2,1-7H3,(H,47,57)(H,49,54)(H,50,56)/b19-14-/t30-,32-,34+,36+,45-/m1/s1. The second-order valence-corrected chi connectivity index (χ2v) is 21.9. The Hall–Kier alpha value is -4.55. The van der Waals surface area contributed by atoms with Crippen molar-refractivity contribution in [1.29, 1.82) is 0 Å². The summed E-state index contributed by atoms with van der Waals surface area (Å²) in [7, 11) is -1.57. The number of alkyl carbamates (subject to hydrolysis) is 1. The van der Waals surface area contributed by atoms with Crippen LogP contribution in [0.2, 0.25) is 0 Å². The molecular formula is C45H64N8O8S2. The zero-order chi connectivity index (χ0) is 45.3. The zero-order valence-corrected chi connectivity index (χ0v) is 39.3. The summed E-state index contributed by atoms with van der Waals surface area (Å²) in [5.41, 5.74) is 1.21. The van der Waals surface area contributed by atoms with Crippen molar-refractivity contribution in [2.24, 2.45) is 11.8 Å². The molecule has 3 aromatic rings. The lowest BCUT2D eigenvalue weighted by Gasteiger charge is -2.30. The van der Waals surface area contributed by atoms with Gasteiger partial charge in [0.05, 0.1) is 17.8 Å². The van der Waals surface area contributed by atoms with Crippen LogP contribution in [-0.4, -0.2) is 106 Å². The lowest BCUT2D eigenvalue weighted by molar-refractivity contribution is -0.141. The second-order valence-electron chi connectivity index (χ2n) is 19.1. The number of nitrogens with zero attached hydrogens (tertiary/aromatic N) is 5. The fraction of sp³-hybridized carbons (Fsp3) is 0.644. The molecule has 2 saturated carbocycles. The number of fused-ring (bicyclic) bond motifs is 3. The molecule has 0 unspecified atom stereocenters. The van der Waals surface area contributed by atoms with Crippen LogP contribution in [0, 0.1) is 11.8 Å². The average Bonchev–Trinajstić information content (AvgIpc) is 3.53. The first-order valence-corrected chi connectivity index (χ1v) is 24.8. The Morgan fingerprint density at radius 1 is 1.05 bits per heavy atom. The number of nitrogens with one attached hydrogen (secondary N) is 3. The summed E-state index contributed by atoms with van der Waals surface area (Å²) in [6, 6.07) is 4.11. The van der Waals surface area contributed by atoms with E-state index in [1.54, 1.807) is 32.1 Å². The fourth-order valence-electron chi connectivity index (χ4n) is 9.13. The highest BCUT2D eigenvalue weighted by molar-refractivity contribution is 7.87. The second kappa shape index (κ2) is 18.9. The number of hydrogen-bond acceptors (Lipinski definition) is 11. The van der Waals surface area contributed by atoms with E-state index in [-0.39, 0.29) is 25.4 Å². The summed E-state index contributed by atoms with van der Waals surface area (Å²) in [4.78, 5) is 67.9. The number of hydrogen-bond donors (Lipinski definition) is 3. The molecule has 4 aliphatic rings. The summed E-state index contributed by atoms with van der Waals surface area (Å²) in [5.74, 6) is -1.80. The Labute approximate surface area is 375 Å². The van der Waals surface area contributed by atoms with Crippen molar-refractivity contribution >= 4 is 56.4 Å². The fourth-order valence-corrected chi connectivity index (χ4v) is 10.6. The Morgan fingerprint density at radius 2 is 1.78 bits per heavy atom. The highest BCUT2D eigenvalue weighted by Crippen LogP contribution is 2.46. The number of benzene rings is 1. The van der Waals surface area contributed by atoms with Crippen LogP contribution < -0.4 is 20.1 Å². The quantitative estimate of drug-likeness (QED) is 0.191. The molecule has 2 aliphatic carbocycles. The molecule has 3 N–H and O–H groups in total. The van der Waals surface area contributed by atoms with E-state index in [0.29, 0.717) is 31.2 Å². The molecule has 18 heteroatoms. The number of allylic oxidation sites excluding steroid dienone is 1. The van der Waals surface area contributed by atoms with Crippen molar-refractivity contribution in [2.45, 2.75) is 153 Å². The first-order valence-electron chi connectivity index (χ1n) is 22.5. The van der Waals surface area contributed by atoms with Gasteiger partial charge in [-0.25, -0.2) is 14.5 Å². The Kier molecular flexibility index (Phi) is 13.9. The van der Waals surface area contributed by atoms with Crippen LogP contribution >= 0.6 is 11.3 Å². The number of thiazole rings is 1. The van der Waals surface area contributed by atoms with E-state index in [9.17, 15) is 27.6 Å². The number of para-hydroxylation sites is 1.